The first-order chi connectivity index (χ1) is 11.5. The molecule has 1 aromatic heterocycles. The van der Waals surface area contributed by atoms with Crippen molar-refractivity contribution < 1.29 is 4.79 Å². The molecule has 122 valence electrons. The molecule has 1 amide bonds. The highest BCUT2D eigenvalue weighted by molar-refractivity contribution is 6.44. The number of halogens is 2. The van der Waals surface area contributed by atoms with E-state index in [1.54, 1.807) is 30.3 Å². The number of benzene rings is 2. The van der Waals surface area contributed by atoms with E-state index in [0.717, 1.165) is 17.1 Å². The van der Waals surface area contributed by atoms with E-state index in [0.29, 0.717) is 21.3 Å². The number of hydrogen-bond acceptors (Lipinski definition) is 2. The molecule has 0 aliphatic carbocycles. The molecule has 2 aromatic carbocycles. The summed E-state index contributed by atoms with van der Waals surface area (Å²) < 4.78 is 1.84. The van der Waals surface area contributed by atoms with E-state index in [1.807, 2.05) is 36.7 Å². The van der Waals surface area contributed by atoms with Gasteiger partial charge in [-0.3, -0.25) is 4.79 Å². The molecule has 0 unspecified atom stereocenters. The fraction of sp³-hybridized carbons (Fsp3) is 0.111. The molecule has 0 fully saturated rings. The zero-order valence-electron chi connectivity index (χ0n) is 13.2. The first-order valence-electron chi connectivity index (χ1n) is 7.35. The van der Waals surface area contributed by atoms with Crippen LogP contribution in [0.4, 0.5) is 5.69 Å². The molecule has 0 spiro atoms. The van der Waals surface area contributed by atoms with Crippen LogP contribution in [0.3, 0.4) is 0 Å². The standard InChI is InChI=1S/C18H15Cl2N3O/c1-11-10-12(2)23(22-11)14-8-6-13(7-9-14)18(24)21-16-5-3-4-15(19)17(16)20/h3-10H,1-2H3,(H,21,24). The van der Waals surface area contributed by atoms with Gasteiger partial charge >= 0.3 is 0 Å². The second-order valence-electron chi connectivity index (χ2n) is 5.44. The molecule has 0 bridgehead atoms. The Balaban J connectivity index is 1.81. The summed E-state index contributed by atoms with van der Waals surface area (Å²) >= 11 is 12.0. The van der Waals surface area contributed by atoms with Crippen LogP contribution in [-0.2, 0) is 0 Å². The first kappa shape index (κ1) is 16.6. The van der Waals surface area contributed by atoms with Crippen molar-refractivity contribution in [3.63, 3.8) is 0 Å². The Morgan fingerprint density at radius 3 is 2.42 bits per heavy atom. The predicted molar refractivity (Wildman–Crippen MR) is 97.5 cm³/mol. The number of carbonyl (C=O) groups is 1. The molecule has 6 heteroatoms. The van der Waals surface area contributed by atoms with Crippen LogP contribution in [0.1, 0.15) is 21.7 Å². The summed E-state index contributed by atoms with van der Waals surface area (Å²) in [4.78, 5) is 12.4. The molecule has 0 saturated heterocycles. The fourth-order valence-electron chi connectivity index (χ4n) is 2.44. The van der Waals surface area contributed by atoms with Gasteiger partial charge in [0.05, 0.1) is 27.1 Å². The molecule has 3 aromatic rings. The van der Waals surface area contributed by atoms with E-state index in [2.05, 4.69) is 10.4 Å². The van der Waals surface area contributed by atoms with Gasteiger partial charge in [-0.15, -0.1) is 0 Å². The minimum Gasteiger partial charge on any atom is -0.321 e. The first-order valence-corrected chi connectivity index (χ1v) is 8.10. The average molecular weight is 360 g/mol. The Kier molecular flexibility index (Phi) is 4.60. The summed E-state index contributed by atoms with van der Waals surface area (Å²) in [7, 11) is 0. The Morgan fingerprint density at radius 1 is 1.08 bits per heavy atom. The molecule has 1 N–H and O–H groups in total. The molecule has 1 heterocycles. The lowest BCUT2D eigenvalue weighted by atomic mass is 10.2. The highest BCUT2D eigenvalue weighted by Crippen LogP contribution is 2.29. The van der Waals surface area contributed by atoms with Crippen molar-refractivity contribution in [3.05, 3.63) is 75.5 Å². The number of aromatic nitrogens is 2. The average Bonchev–Trinajstić information content (AvgIpc) is 2.90. The summed E-state index contributed by atoms with van der Waals surface area (Å²) in [6.07, 6.45) is 0. The van der Waals surface area contributed by atoms with Crippen molar-refractivity contribution in [2.45, 2.75) is 13.8 Å². The highest BCUT2D eigenvalue weighted by Gasteiger charge is 2.11. The lowest BCUT2D eigenvalue weighted by molar-refractivity contribution is 0.102. The Morgan fingerprint density at radius 2 is 1.79 bits per heavy atom. The summed E-state index contributed by atoms with van der Waals surface area (Å²) in [5.74, 6) is -0.251. The molecule has 4 nitrogen and oxygen atoms in total. The van der Waals surface area contributed by atoms with Crippen LogP contribution in [0.2, 0.25) is 10.0 Å². The third kappa shape index (κ3) is 3.30. The summed E-state index contributed by atoms with van der Waals surface area (Å²) in [6, 6.07) is 14.3. The van der Waals surface area contributed by atoms with Crippen LogP contribution in [0.25, 0.3) is 5.69 Å². The molecule has 3 rings (SSSR count). The van der Waals surface area contributed by atoms with Crippen molar-refractivity contribution in [3.8, 4) is 5.69 Å². The maximum atomic E-state index is 12.4. The second kappa shape index (κ2) is 6.67. The Bertz CT molecular complexity index is 901. The summed E-state index contributed by atoms with van der Waals surface area (Å²) in [5.41, 5.74) is 3.89. The third-order valence-electron chi connectivity index (χ3n) is 3.58. The zero-order chi connectivity index (χ0) is 17.3. The number of anilines is 1. The van der Waals surface area contributed by atoms with Gasteiger partial charge < -0.3 is 5.32 Å². The van der Waals surface area contributed by atoms with Gasteiger partial charge in [0.15, 0.2) is 0 Å². The fourth-order valence-corrected chi connectivity index (χ4v) is 2.79. The molecule has 24 heavy (non-hydrogen) atoms. The largest absolute Gasteiger partial charge is 0.321 e. The van der Waals surface area contributed by atoms with Crippen LogP contribution < -0.4 is 5.32 Å². The van der Waals surface area contributed by atoms with Gasteiger partial charge in [0.2, 0.25) is 0 Å². The normalized spacial score (nSPS) is 10.7. The lowest BCUT2D eigenvalue weighted by Gasteiger charge is -2.09. The van der Waals surface area contributed by atoms with E-state index < -0.39 is 0 Å². The molecular weight excluding hydrogens is 345 g/mol. The molecule has 0 aliphatic rings. The van der Waals surface area contributed by atoms with E-state index in [9.17, 15) is 4.79 Å². The molecule has 0 aliphatic heterocycles. The van der Waals surface area contributed by atoms with Crippen LogP contribution >= 0.6 is 23.2 Å². The van der Waals surface area contributed by atoms with E-state index in [4.69, 9.17) is 23.2 Å². The van der Waals surface area contributed by atoms with Crippen molar-refractivity contribution in [1.82, 2.24) is 9.78 Å². The minimum atomic E-state index is -0.251. The number of rotatable bonds is 3. The number of aryl methyl sites for hydroxylation is 2. The molecule has 0 radical (unpaired) electrons. The van der Waals surface area contributed by atoms with E-state index >= 15 is 0 Å². The van der Waals surface area contributed by atoms with Crippen LogP contribution in [-0.4, -0.2) is 15.7 Å². The van der Waals surface area contributed by atoms with Crippen molar-refractivity contribution in [1.29, 1.82) is 0 Å². The van der Waals surface area contributed by atoms with Gasteiger partial charge in [-0.1, -0.05) is 29.3 Å². The maximum absolute atomic E-state index is 12.4. The van der Waals surface area contributed by atoms with Crippen LogP contribution in [0, 0.1) is 13.8 Å². The SMILES string of the molecule is Cc1cc(C)n(-c2ccc(C(=O)Nc3cccc(Cl)c3Cl)cc2)n1. The van der Waals surface area contributed by atoms with Crippen LogP contribution in [0.15, 0.2) is 48.5 Å². The Hall–Kier alpha value is -2.30. The number of carbonyl (C=O) groups excluding carboxylic acids is 1. The second-order valence-corrected chi connectivity index (χ2v) is 6.23. The summed E-state index contributed by atoms with van der Waals surface area (Å²) in [6.45, 7) is 3.93. The molecule has 0 saturated carbocycles. The van der Waals surface area contributed by atoms with Crippen molar-refractivity contribution >= 4 is 34.8 Å². The minimum absolute atomic E-state index is 0.251. The van der Waals surface area contributed by atoms with Crippen molar-refractivity contribution in [2.75, 3.05) is 5.32 Å². The van der Waals surface area contributed by atoms with Gasteiger partial charge in [-0.25, -0.2) is 4.68 Å². The third-order valence-corrected chi connectivity index (χ3v) is 4.40. The maximum Gasteiger partial charge on any atom is 0.255 e. The topological polar surface area (TPSA) is 46.9 Å². The smallest absolute Gasteiger partial charge is 0.255 e. The van der Waals surface area contributed by atoms with E-state index in [-0.39, 0.29) is 5.91 Å². The quantitative estimate of drug-likeness (QED) is 0.711. The number of hydrogen-bond donors (Lipinski definition) is 1. The van der Waals surface area contributed by atoms with Gasteiger partial charge in [-0.2, -0.15) is 5.10 Å². The Labute approximate surface area is 150 Å². The van der Waals surface area contributed by atoms with E-state index in [1.165, 1.54) is 0 Å². The van der Waals surface area contributed by atoms with Gasteiger partial charge in [-0.05, 0) is 56.3 Å². The number of amides is 1. The highest BCUT2D eigenvalue weighted by atomic mass is 35.5. The summed E-state index contributed by atoms with van der Waals surface area (Å²) in [5, 5.41) is 7.92. The van der Waals surface area contributed by atoms with Gasteiger partial charge in [0.25, 0.3) is 5.91 Å². The zero-order valence-corrected chi connectivity index (χ0v) is 14.7. The molecule has 0 atom stereocenters. The number of nitrogens with zero attached hydrogens (tertiary/aromatic N) is 2. The van der Waals surface area contributed by atoms with Crippen molar-refractivity contribution in [2.24, 2.45) is 0 Å². The van der Waals surface area contributed by atoms with Gasteiger partial charge in [0.1, 0.15) is 0 Å². The predicted octanol–water partition coefficient (Wildman–Crippen LogP) is 5.05. The number of nitrogens with one attached hydrogen (secondary N) is 1. The van der Waals surface area contributed by atoms with Crippen LogP contribution in [0.5, 0.6) is 0 Å². The lowest BCUT2D eigenvalue weighted by Crippen LogP contribution is -2.12. The van der Waals surface area contributed by atoms with Gasteiger partial charge in [0, 0.05) is 11.3 Å². The molecular formula is C18H15Cl2N3O. The monoisotopic (exact) mass is 359 g/mol.